The third kappa shape index (κ3) is 2.98. The highest BCUT2D eigenvalue weighted by molar-refractivity contribution is 9.10. The summed E-state index contributed by atoms with van der Waals surface area (Å²) in [6.45, 7) is 1.94. The molecule has 2 amide bonds. The molecule has 23 heavy (non-hydrogen) atoms. The van der Waals surface area contributed by atoms with Crippen molar-refractivity contribution in [1.82, 2.24) is 5.43 Å². The molecule has 3 rings (SSSR count). The van der Waals surface area contributed by atoms with Gasteiger partial charge >= 0.3 is 0 Å². The van der Waals surface area contributed by atoms with Crippen LogP contribution in [0.4, 0.5) is 5.69 Å². The SMILES string of the molecule is Cc1ccc(N2NC(=O)/C(=C\c3cc(Br)ccc3O)C2=O)cc1. The van der Waals surface area contributed by atoms with Crippen LogP contribution in [0.5, 0.6) is 5.75 Å². The van der Waals surface area contributed by atoms with E-state index in [4.69, 9.17) is 0 Å². The minimum absolute atomic E-state index is 0.00455. The number of benzene rings is 2. The zero-order valence-electron chi connectivity index (χ0n) is 12.2. The van der Waals surface area contributed by atoms with Crippen LogP contribution in [0.1, 0.15) is 11.1 Å². The fraction of sp³-hybridized carbons (Fsp3) is 0.0588. The summed E-state index contributed by atoms with van der Waals surface area (Å²) in [4.78, 5) is 24.6. The van der Waals surface area contributed by atoms with Gasteiger partial charge in [-0.25, -0.2) is 5.01 Å². The third-order valence-corrected chi connectivity index (χ3v) is 3.97. The van der Waals surface area contributed by atoms with Gasteiger partial charge < -0.3 is 5.11 Å². The topological polar surface area (TPSA) is 69.6 Å². The second-order valence-corrected chi connectivity index (χ2v) is 6.09. The van der Waals surface area contributed by atoms with Gasteiger partial charge in [-0.1, -0.05) is 33.6 Å². The number of rotatable bonds is 2. The van der Waals surface area contributed by atoms with Crippen LogP contribution in [0.2, 0.25) is 0 Å². The molecule has 0 unspecified atom stereocenters. The molecule has 0 aliphatic carbocycles. The third-order valence-electron chi connectivity index (χ3n) is 3.47. The Morgan fingerprint density at radius 2 is 1.83 bits per heavy atom. The number of aromatic hydroxyl groups is 1. The van der Waals surface area contributed by atoms with E-state index in [0.29, 0.717) is 11.3 Å². The maximum Gasteiger partial charge on any atom is 0.282 e. The number of phenols is 1. The van der Waals surface area contributed by atoms with Gasteiger partial charge in [-0.05, 0) is 43.3 Å². The number of hydrogen-bond donors (Lipinski definition) is 2. The first-order chi connectivity index (χ1) is 11.0. The van der Waals surface area contributed by atoms with Crippen molar-refractivity contribution < 1.29 is 14.7 Å². The smallest absolute Gasteiger partial charge is 0.282 e. The first-order valence-corrected chi connectivity index (χ1v) is 7.67. The van der Waals surface area contributed by atoms with Crippen molar-refractivity contribution in [3.8, 4) is 5.75 Å². The summed E-state index contributed by atoms with van der Waals surface area (Å²) in [5.41, 5.74) is 4.53. The second kappa shape index (κ2) is 5.89. The van der Waals surface area contributed by atoms with Crippen LogP contribution in [0.3, 0.4) is 0 Å². The van der Waals surface area contributed by atoms with Crippen LogP contribution < -0.4 is 10.4 Å². The highest BCUT2D eigenvalue weighted by atomic mass is 79.9. The molecule has 5 nitrogen and oxygen atoms in total. The van der Waals surface area contributed by atoms with Gasteiger partial charge in [-0.3, -0.25) is 15.0 Å². The van der Waals surface area contributed by atoms with Gasteiger partial charge in [0.2, 0.25) is 0 Å². The lowest BCUT2D eigenvalue weighted by molar-refractivity contribution is -0.117. The Morgan fingerprint density at radius 1 is 1.13 bits per heavy atom. The van der Waals surface area contributed by atoms with Crippen molar-refractivity contribution in [2.45, 2.75) is 6.92 Å². The molecule has 0 saturated carbocycles. The van der Waals surface area contributed by atoms with Gasteiger partial charge in [0.25, 0.3) is 11.8 Å². The molecule has 0 bridgehead atoms. The lowest BCUT2D eigenvalue weighted by Crippen LogP contribution is -2.35. The number of hydrogen-bond acceptors (Lipinski definition) is 3. The van der Waals surface area contributed by atoms with E-state index in [9.17, 15) is 14.7 Å². The molecule has 0 spiro atoms. The number of nitrogens with one attached hydrogen (secondary N) is 1. The Balaban J connectivity index is 1.97. The van der Waals surface area contributed by atoms with Crippen molar-refractivity contribution in [2.24, 2.45) is 0 Å². The highest BCUT2D eigenvalue weighted by Crippen LogP contribution is 2.27. The number of carbonyl (C=O) groups is 2. The van der Waals surface area contributed by atoms with Crippen LogP contribution >= 0.6 is 15.9 Å². The molecule has 2 aromatic rings. The van der Waals surface area contributed by atoms with Crippen LogP contribution in [-0.2, 0) is 9.59 Å². The molecule has 116 valence electrons. The van der Waals surface area contributed by atoms with E-state index in [2.05, 4.69) is 21.4 Å². The van der Waals surface area contributed by atoms with E-state index < -0.39 is 11.8 Å². The number of aryl methyl sites for hydroxylation is 1. The molecule has 0 radical (unpaired) electrons. The minimum Gasteiger partial charge on any atom is -0.507 e. The van der Waals surface area contributed by atoms with Gasteiger partial charge in [0.1, 0.15) is 11.3 Å². The molecule has 0 aromatic heterocycles. The predicted molar refractivity (Wildman–Crippen MR) is 90.6 cm³/mol. The summed E-state index contributed by atoms with van der Waals surface area (Å²) >= 11 is 3.29. The van der Waals surface area contributed by atoms with Crippen molar-refractivity contribution in [1.29, 1.82) is 0 Å². The minimum atomic E-state index is -0.505. The first kappa shape index (κ1) is 15.3. The average Bonchev–Trinajstić information content (AvgIpc) is 2.80. The molecular formula is C17H13BrN2O3. The van der Waals surface area contributed by atoms with Crippen LogP contribution in [0.15, 0.2) is 52.5 Å². The lowest BCUT2D eigenvalue weighted by Gasteiger charge is -2.14. The average molecular weight is 373 g/mol. The summed E-state index contributed by atoms with van der Waals surface area (Å²) < 4.78 is 0.739. The van der Waals surface area contributed by atoms with Gasteiger partial charge in [-0.2, -0.15) is 0 Å². The van der Waals surface area contributed by atoms with Crippen molar-refractivity contribution in [3.63, 3.8) is 0 Å². The summed E-state index contributed by atoms with van der Waals surface area (Å²) in [5.74, 6) is -0.969. The number of amides is 2. The van der Waals surface area contributed by atoms with Crippen molar-refractivity contribution in [2.75, 3.05) is 5.01 Å². The number of carbonyl (C=O) groups excluding carboxylic acids is 2. The van der Waals surface area contributed by atoms with Crippen molar-refractivity contribution >= 4 is 39.5 Å². The Morgan fingerprint density at radius 3 is 2.52 bits per heavy atom. The summed E-state index contributed by atoms with van der Waals surface area (Å²) in [6.07, 6.45) is 1.38. The molecule has 0 atom stereocenters. The lowest BCUT2D eigenvalue weighted by atomic mass is 10.1. The Hall–Kier alpha value is -2.60. The number of phenolic OH excluding ortho intramolecular Hbond substituents is 1. The Labute approximate surface area is 141 Å². The van der Waals surface area contributed by atoms with Gasteiger partial charge in [-0.15, -0.1) is 0 Å². The van der Waals surface area contributed by atoms with E-state index >= 15 is 0 Å². The van der Waals surface area contributed by atoms with Crippen LogP contribution in [-0.4, -0.2) is 16.9 Å². The van der Waals surface area contributed by atoms with Gasteiger partial charge in [0.15, 0.2) is 0 Å². The van der Waals surface area contributed by atoms with Crippen LogP contribution in [0.25, 0.3) is 6.08 Å². The normalized spacial score (nSPS) is 16.1. The zero-order valence-corrected chi connectivity index (χ0v) is 13.8. The molecule has 2 N–H and O–H groups in total. The maximum absolute atomic E-state index is 12.5. The second-order valence-electron chi connectivity index (χ2n) is 5.18. The van der Waals surface area contributed by atoms with E-state index in [0.717, 1.165) is 10.0 Å². The molecule has 1 aliphatic rings. The summed E-state index contributed by atoms with van der Waals surface area (Å²) in [7, 11) is 0. The molecule has 1 heterocycles. The molecule has 1 fully saturated rings. The van der Waals surface area contributed by atoms with Gasteiger partial charge in [0.05, 0.1) is 5.69 Å². The molecule has 2 aromatic carbocycles. The van der Waals surface area contributed by atoms with Crippen molar-refractivity contribution in [3.05, 3.63) is 63.6 Å². The van der Waals surface area contributed by atoms with E-state index in [1.807, 2.05) is 19.1 Å². The first-order valence-electron chi connectivity index (χ1n) is 6.88. The highest BCUT2D eigenvalue weighted by Gasteiger charge is 2.34. The maximum atomic E-state index is 12.5. The van der Waals surface area contributed by atoms with E-state index in [-0.39, 0.29) is 11.3 Å². The number of anilines is 1. The molecule has 6 heteroatoms. The monoisotopic (exact) mass is 372 g/mol. The molecular weight excluding hydrogens is 360 g/mol. The van der Waals surface area contributed by atoms with Crippen LogP contribution in [0, 0.1) is 6.92 Å². The number of nitrogens with zero attached hydrogens (tertiary/aromatic N) is 1. The Kier molecular flexibility index (Phi) is 3.92. The number of halogens is 1. The Bertz CT molecular complexity index is 828. The zero-order chi connectivity index (χ0) is 16.6. The molecule has 1 saturated heterocycles. The van der Waals surface area contributed by atoms with E-state index in [1.165, 1.54) is 17.2 Å². The summed E-state index contributed by atoms with van der Waals surface area (Å²) in [6, 6.07) is 12.0. The van der Waals surface area contributed by atoms with E-state index in [1.54, 1.807) is 24.3 Å². The quantitative estimate of drug-likeness (QED) is 0.628. The largest absolute Gasteiger partial charge is 0.507 e. The standard InChI is InChI=1S/C17H13BrN2O3/c1-10-2-5-13(6-3-10)20-17(23)14(16(22)19-20)9-11-8-12(18)4-7-15(11)21/h2-9,21H,1H3,(H,19,22)/b14-9+. The number of hydrazine groups is 1. The fourth-order valence-corrected chi connectivity index (χ4v) is 2.61. The predicted octanol–water partition coefficient (Wildman–Crippen LogP) is 2.92. The fourth-order valence-electron chi connectivity index (χ4n) is 2.23. The van der Waals surface area contributed by atoms with Gasteiger partial charge in [0, 0.05) is 10.0 Å². The summed E-state index contributed by atoms with van der Waals surface area (Å²) in [5, 5.41) is 11.1. The molecule has 1 aliphatic heterocycles.